The number of hydrogen-bond acceptors (Lipinski definition) is 4. The van der Waals surface area contributed by atoms with E-state index in [2.05, 4.69) is 9.62 Å². The largest absolute Gasteiger partial charge is 0.497 e. The van der Waals surface area contributed by atoms with Gasteiger partial charge in [0.25, 0.3) is 0 Å². The van der Waals surface area contributed by atoms with E-state index in [9.17, 15) is 12.8 Å². The minimum Gasteiger partial charge on any atom is -0.497 e. The number of rotatable bonds is 10. The first-order valence-corrected chi connectivity index (χ1v) is 10.6. The third-order valence-electron chi connectivity index (χ3n) is 4.47. The van der Waals surface area contributed by atoms with Crippen LogP contribution in [-0.4, -0.2) is 40.1 Å². The normalized spacial score (nSPS) is 12.9. The summed E-state index contributed by atoms with van der Waals surface area (Å²) in [4.78, 5) is 2.18. The second-order valence-electron chi connectivity index (χ2n) is 6.25. The minimum absolute atomic E-state index is 0.127. The highest BCUT2D eigenvalue weighted by Gasteiger charge is 2.21. The Hall–Kier alpha value is -1.96. The van der Waals surface area contributed by atoms with Gasteiger partial charge in [-0.1, -0.05) is 38.1 Å². The van der Waals surface area contributed by atoms with E-state index in [0.717, 1.165) is 24.4 Å². The van der Waals surface area contributed by atoms with Crippen molar-refractivity contribution < 1.29 is 17.5 Å². The van der Waals surface area contributed by atoms with Crippen LogP contribution in [0.5, 0.6) is 5.75 Å². The number of hydrogen-bond donors (Lipinski definition) is 1. The van der Waals surface area contributed by atoms with Gasteiger partial charge in [-0.05, 0) is 48.5 Å². The molecule has 0 radical (unpaired) electrons. The number of sulfonamides is 1. The second kappa shape index (κ2) is 9.82. The molecule has 0 saturated heterocycles. The van der Waals surface area contributed by atoms with Gasteiger partial charge in [-0.25, -0.2) is 17.5 Å². The van der Waals surface area contributed by atoms with Crippen LogP contribution < -0.4 is 9.46 Å². The van der Waals surface area contributed by atoms with E-state index in [1.165, 1.54) is 18.2 Å². The van der Waals surface area contributed by atoms with Gasteiger partial charge in [0, 0.05) is 12.6 Å². The van der Waals surface area contributed by atoms with Gasteiger partial charge in [0.1, 0.15) is 11.6 Å². The van der Waals surface area contributed by atoms with Crippen LogP contribution in [0.15, 0.2) is 48.5 Å². The number of halogens is 1. The maximum atomic E-state index is 13.3. The van der Waals surface area contributed by atoms with Crippen molar-refractivity contribution in [3.05, 3.63) is 65.5 Å². The zero-order chi connectivity index (χ0) is 19.9. The Kier molecular flexibility index (Phi) is 7.77. The number of benzene rings is 2. The van der Waals surface area contributed by atoms with Crippen molar-refractivity contribution in [1.82, 2.24) is 9.62 Å². The molecule has 0 amide bonds. The predicted octanol–water partition coefficient (Wildman–Crippen LogP) is 3.34. The highest BCUT2D eigenvalue weighted by molar-refractivity contribution is 7.88. The molecular weight excluding hydrogens is 367 g/mol. The SMILES string of the molecule is CCN(CC)C(CNS(=O)(=O)Cc1cccc(F)c1)c1cccc(OC)c1. The molecule has 0 aliphatic heterocycles. The lowest BCUT2D eigenvalue weighted by Crippen LogP contribution is -2.38. The average molecular weight is 395 g/mol. The first-order valence-electron chi connectivity index (χ1n) is 8.98. The molecule has 1 N–H and O–H groups in total. The summed E-state index contributed by atoms with van der Waals surface area (Å²) < 4.78 is 46.3. The minimum atomic E-state index is -3.59. The molecule has 0 bridgehead atoms. The lowest BCUT2D eigenvalue weighted by atomic mass is 10.0. The summed E-state index contributed by atoms with van der Waals surface area (Å²) in [5.41, 5.74) is 1.40. The highest BCUT2D eigenvalue weighted by Crippen LogP contribution is 2.24. The summed E-state index contributed by atoms with van der Waals surface area (Å²) in [6.07, 6.45) is 0. The standard InChI is InChI=1S/C20H27FN2O3S/c1-4-23(5-2)20(17-9-7-11-19(13-17)26-3)14-22-27(24,25)15-16-8-6-10-18(21)12-16/h6-13,20,22H,4-5,14-15H2,1-3H3. The van der Waals surface area contributed by atoms with Crippen LogP contribution in [-0.2, 0) is 15.8 Å². The maximum absolute atomic E-state index is 13.3. The van der Waals surface area contributed by atoms with Gasteiger partial charge >= 0.3 is 0 Å². The van der Waals surface area contributed by atoms with Crippen LogP contribution in [0.3, 0.4) is 0 Å². The third kappa shape index (κ3) is 6.30. The van der Waals surface area contributed by atoms with Crippen molar-refractivity contribution in [3.8, 4) is 5.75 Å². The zero-order valence-electron chi connectivity index (χ0n) is 16.0. The number of methoxy groups -OCH3 is 1. The van der Waals surface area contributed by atoms with Crippen molar-refractivity contribution in [2.45, 2.75) is 25.6 Å². The fourth-order valence-corrected chi connectivity index (χ4v) is 4.21. The van der Waals surface area contributed by atoms with Crippen molar-refractivity contribution in [1.29, 1.82) is 0 Å². The molecule has 148 valence electrons. The third-order valence-corrected chi connectivity index (χ3v) is 5.79. The molecule has 7 heteroatoms. The molecule has 2 rings (SSSR count). The quantitative estimate of drug-likeness (QED) is 0.672. The van der Waals surface area contributed by atoms with Crippen LogP contribution in [0, 0.1) is 5.82 Å². The molecule has 0 spiro atoms. The van der Waals surface area contributed by atoms with Gasteiger partial charge < -0.3 is 4.74 Å². The topological polar surface area (TPSA) is 58.6 Å². The van der Waals surface area contributed by atoms with Gasteiger partial charge in [0.05, 0.1) is 12.9 Å². The zero-order valence-corrected chi connectivity index (χ0v) is 16.8. The first kappa shape index (κ1) is 21.3. The number of nitrogens with one attached hydrogen (secondary N) is 1. The molecule has 5 nitrogen and oxygen atoms in total. The Morgan fingerprint density at radius 1 is 1.11 bits per heavy atom. The summed E-state index contributed by atoms with van der Waals surface area (Å²) in [6.45, 7) is 5.87. The van der Waals surface area contributed by atoms with Crippen LogP contribution in [0.2, 0.25) is 0 Å². The van der Waals surface area contributed by atoms with Crippen molar-refractivity contribution in [2.24, 2.45) is 0 Å². The van der Waals surface area contributed by atoms with E-state index >= 15 is 0 Å². The summed E-state index contributed by atoms with van der Waals surface area (Å²) in [7, 11) is -1.99. The molecule has 1 unspecified atom stereocenters. The van der Waals surface area contributed by atoms with E-state index in [1.54, 1.807) is 13.2 Å². The Morgan fingerprint density at radius 2 is 1.81 bits per heavy atom. The van der Waals surface area contributed by atoms with Crippen LogP contribution in [0.4, 0.5) is 4.39 Å². The Bertz CT molecular complexity index is 839. The number of nitrogens with zero attached hydrogens (tertiary/aromatic N) is 1. The van der Waals surface area contributed by atoms with Crippen LogP contribution in [0.25, 0.3) is 0 Å². The van der Waals surface area contributed by atoms with Gasteiger partial charge in [-0.15, -0.1) is 0 Å². The van der Waals surface area contributed by atoms with E-state index < -0.39 is 15.8 Å². The lowest BCUT2D eigenvalue weighted by Gasteiger charge is -2.30. The molecule has 0 fully saturated rings. The summed E-state index contributed by atoms with van der Waals surface area (Å²) in [5.74, 6) is 0.0285. The van der Waals surface area contributed by atoms with Crippen molar-refractivity contribution >= 4 is 10.0 Å². The Morgan fingerprint density at radius 3 is 2.44 bits per heavy atom. The fraction of sp³-hybridized carbons (Fsp3) is 0.400. The molecular formula is C20H27FN2O3S. The van der Waals surface area contributed by atoms with Gasteiger partial charge in [-0.3, -0.25) is 4.90 Å². The fourth-order valence-electron chi connectivity index (χ4n) is 3.07. The molecule has 2 aromatic rings. The van der Waals surface area contributed by atoms with Crippen molar-refractivity contribution in [2.75, 3.05) is 26.7 Å². The lowest BCUT2D eigenvalue weighted by molar-refractivity contribution is 0.219. The average Bonchev–Trinajstić information content (AvgIpc) is 2.64. The van der Waals surface area contributed by atoms with Gasteiger partial charge in [0.2, 0.25) is 10.0 Å². The molecule has 0 saturated carbocycles. The van der Waals surface area contributed by atoms with Crippen molar-refractivity contribution in [3.63, 3.8) is 0 Å². The molecule has 0 aromatic heterocycles. The molecule has 2 aromatic carbocycles. The predicted molar refractivity (Wildman–Crippen MR) is 106 cm³/mol. The smallest absolute Gasteiger partial charge is 0.215 e. The maximum Gasteiger partial charge on any atom is 0.215 e. The van der Waals surface area contributed by atoms with E-state index in [4.69, 9.17) is 4.74 Å². The molecule has 1 atom stereocenters. The summed E-state index contributed by atoms with van der Waals surface area (Å²) in [5, 5.41) is 0. The molecule has 0 heterocycles. The van der Waals surface area contributed by atoms with Crippen LogP contribution >= 0.6 is 0 Å². The summed E-state index contributed by atoms with van der Waals surface area (Å²) >= 11 is 0. The second-order valence-corrected chi connectivity index (χ2v) is 8.06. The van der Waals surface area contributed by atoms with Gasteiger partial charge in [-0.2, -0.15) is 0 Å². The highest BCUT2D eigenvalue weighted by atomic mass is 32.2. The van der Waals surface area contributed by atoms with E-state index in [-0.39, 0.29) is 18.3 Å². The Balaban J connectivity index is 2.17. The Labute approximate surface area is 161 Å². The van der Waals surface area contributed by atoms with Crippen LogP contribution in [0.1, 0.15) is 31.0 Å². The number of ether oxygens (including phenoxy) is 1. The summed E-state index contributed by atoms with van der Waals surface area (Å²) in [6, 6.07) is 13.2. The molecule has 0 aliphatic rings. The van der Waals surface area contributed by atoms with E-state index in [0.29, 0.717) is 5.56 Å². The molecule has 27 heavy (non-hydrogen) atoms. The van der Waals surface area contributed by atoms with E-state index in [1.807, 2.05) is 38.1 Å². The first-order chi connectivity index (χ1) is 12.9. The monoisotopic (exact) mass is 394 g/mol. The van der Waals surface area contributed by atoms with Gasteiger partial charge in [0.15, 0.2) is 0 Å². The molecule has 0 aliphatic carbocycles. The number of likely N-dealkylation sites (N-methyl/N-ethyl adjacent to an activating group) is 1.